The molecular formula is C16H22O2. The molecule has 0 spiro atoms. The third kappa shape index (κ3) is 4.52. The molecule has 0 amide bonds. The van der Waals surface area contributed by atoms with Gasteiger partial charge >= 0.3 is 5.97 Å². The molecule has 0 radical (unpaired) electrons. The van der Waals surface area contributed by atoms with Crippen LogP contribution < -0.4 is 0 Å². The van der Waals surface area contributed by atoms with E-state index >= 15 is 0 Å². The molecule has 1 aliphatic carbocycles. The number of benzene rings is 1. The number of esters is 1. The molecule has 0 saturated heterocycles. The second-order valence-corrected chi connectivity index (χ2v) is 5.09. The highest BCUT2D eigenvalue weighted by molar-refractivity contribution is 5.69. The fourth-order valence-electron chi connectivity index (χ4n) is 2.51. The summed E-state index contributed by atoms with van der Waals surface area (Å²) in [5.74, 6) is -0.0159. The molecule has 1 aromatic carbocycles. The molecular weight excluding hydrogens is 224 g/mol. The monoisotopic (exact) mass is 246 g/mol. The van der Waals surface area contributed by atoms with Crippen LogP contribution in [0.2, 0.25) is 0 Å². The maximum absolute atomic E-state index is 11.7. The molecule has 0 unspecified atom stereocenters. The van der Waals surface area contributed by atoms with Crippen molar-refractivity contribution in [1.29, 1.82) is 0 Å². The predicted octanol–water partition coefficient (Wildman–Crippen LogP) is 3.89. The van der Waals surface area contributed by atoms with E-state index in [4.69, 9.17) is 4.74 Å². The molecule has 0 N–H and O–H groups in total. The van der Waals surface area contributed by atoms with Gasteiger partial charge in [-0.2, -0.15) is 0 Å². The lowest BCUT2D eigenvalue weighted by molar-refractivity contribution is -0.150. The first-order valence-electron chi connectivity index (χ1n) is 7.08. The van der Waals surface area contributed by atoms with Gasteiger partial charge in [-0.3, -0.25) is 4.79 Å². The van der Waals surface area contributed by atoms with Gasteiger partial charge in [-0.05, 0) is 44.1 Å². The molecule has 0 heterocycles. The van der Waals surface area contributed by atoms with Crippen LogP contribution in [-0.2, 0) is 16.0 Å². The van der Waals surface area contributed by atoms with Crippen LogP contribution in [0.4, 0.5) is 0 Å². The topological polar surface area (TPSA) is 26.3 Å². The molecule has 1 aliphatic rings. The molecule has 0 aliphatic heterocycles. The van der Waals surface area contributed by atoms with Crippen molar-refractivity contribution in [2.75, 3.05) is 0 Å². The van der Waals surface area contributed by atoms with Gasteiger partial charge in [0.05, 0.1) is 0 Å². The zero-order valence-electron chi connectivity index (χ0n) is 10.9. The normalized spacial score (nSPS) is 16.4. The number of ether oxygens (including phenoxy) is 1. The van der Waals surface area contributed by atoms with Crippen LogP contribution in [0.3, 0.4) is 0 Å². The number of carbonyl (C=O) groups excluding carboxylic acids is 1. The van der Waals surface area contributed by atoms with E-state index in [9.17, 15) is 4.79 Å². The van der Waals surface area contributed by atoms with Crippen LogP contribution in [0.25, 0.3) is 0 Å². The Morgan fingerprint density at radius 1 is 1.11 bits per heavy atom. The highest BCUT2D eigenvalue weighted by Crippen LogP contribution is 2.20. The number of carbonyl (C=O) groups is 1. The molecule has 18 heavy (non-hydrogen) atoms. The Bertz CT molecular complexity index is 353. The van der Waals surface area contributed by atoms with Crippen molar-refractivity contribution in [3.05, 3.63) is 35.9 Å². The van der Waals surface area contributed by atoms with E-state index in [1.165, 1.54) is 24.8 Å². The Kier molecular flexibility index (Phi) is 5.25. The highest BCUT2D eigenvalue weighted by atomic mass is 16.5. The van der Waals surface area contributed by atoms with E-state index in [1.54, 1.807) is 0 Å². The minimum absolute atomic E-state index is 0.0159. The Balaban J connectivity index is 1.62. The van der Waals surface area contributed by atoms with Crippen LogP contribution in [0, 0.1) is 0 Å². The predicted molar refractivity (Wildman–Crippen MR) is 72.3 cm³/mol. The summed E-state index contributed by atoms with van der Waals surface area (Å²) in [6, 6.07) is 10.3. The lowest BCUT2D eigenvalue weighted by Crippen LogP contribution is -2.20. The lowest BCUT2D eigenvalue weighted by Gasteiger charge is -2.21. The maximum atomic E-state index is 11.7. The van der Waals surface area contributed by atoms with Gasteiger partial charge in [-0.1, -0.05) is 36.8 Å². The third-order valence-electron chi connectivity index (χ3n) is 3.54. The average molecular weight is 246 g/mol. The van der Waals surface area contributed by atoms with Crippen LogP contribution in [0.5, 0.6) is 0 Å². The Morgan fingerprint density at radius 3 is 2.56 bits per heavy atom. The van der Waals surface area contributed by atoms with Gasteiger partial charge in [0.15, 0.2) is 0 Å². The summed E-state index contributed by atoms with van der Waals surface area (Å²) < 4.78 is 5.49. The SMILES string of the molecule is O=C(CCCc1ccccc1)OC1CCCCC1. The van der Waals surface area contributed by atoms with Gasteiger partial charge < -0.3 is 4.74 Å². The molecule has 2 nitrogen and oxygen atoms in total. The van der Waals surface area contributed by atoms with Gasteiger partial charge in [0.2, 0.25) is 0 Å². The van der Waals surface area contributed by atoms with E-state index in [1.807, 2.05) is 18.2 Å². The zero-order chi connectivity index (χ0) is 12.6. The van der Waals surface area contributed by atoms with Crippen LogP contribution >= 0.6 is 0 Å². The summed E-state index contributed by atoms with van der Waals surface area (Å²) >= 11 is 0. The number of hydrogen-bond donors (Lipinski definition) is 0. The van der Waals surface area contributed by atoms with Crippen molar-refractivity contribution < 1.29 is 9.53 Å². The Hall–Kier alpha value is -1.31. The second kappa shape index (κ2) is 7.20. The molecule has 1 saturated carbocycles. The van der Waals surface area contributed by atoms with Crippen molar-refractivity contribution >= 4 is 5.97 Å². The Morgan fingerprint density at radius 2 is 1.83 bits per heavy atom. The summed E-state index contributed by atoms with van der Waals surface area (Å²) in [6.07, 6.45) is 8.42. The fraction of sp³-hybridized carbons (Fsp3) is 0.562. The minimum atomic E-state index is -0.0159. The van der Waals surface area contributed by atoms with Gasteiger partial charge in [-0.15, -0.1) is 0 Å². The van der Waals surface area contributed by atoms with E-state index in [0.29, 0.717) is 6.42 Å². The largest absolute Gasteiger partial charge is 0.462 e. The molecule has 0 atom stereocenters. The molecule has 1 aromatic rings. The van der Waals surface area contributed by atoms with E-state index < -0.39 is 0 Å². The smallest absolute Gasteiger partial charge is 0.306 e. The van der Waals surface area contributed by atoms with E-state index in [0.717, 1.165) is 25.7 Å². The van der Waals surface area contributed by atoms with E-state index in [2.05, 4.69) is 12.1 Å². The number of aryl methyl sites for hydroxylation is 1. The highest BCUT2D eigenvalue weighted by Gasteiger charge is 2.17. The number of rotatable bonds is 5. The summed E-state index contributed by atoms with van der Waals surface area (Å²) in [4.78, 5) is 11.7. The van der Waals surface area contributed by atoms with Crippen molar-refractivity contribution in [2.24, 2.45) is 0 Å². The van der Waals surface area contributed by atoms with E-state index in [-0.39, 0.29) is 12.1 Å². The number of hydrogen-bond acceptors (Lipinski definition) is 2. The molecule has 0 aromatic heterocycles. The molecule has 0 bridgehead atoms. The summed E-state index contributed by atoms with van der Waals surface area (Å²) in [7, 11) is 0. The zero-order valence-corrected chi connectivity index (χ0v) is 10.9. The average Bonchev–Trinajstić information content (AvgIpc) is 2.41. The van der Waals surface area contributed by atoms with Crippen LogP contribution in [-0.4, -0.2) is 12.1 Å². The summed E-state index contributed by atoms with van der Waals surface area (Å²) in [6.45, 7) is 0. The van der Waals surface area contributed by atoms with Crippen molar-refractivity contribution in [3.8, 4) is 0 Å². The van der Waals surface area contributed by atoms with Crippen LogP contribution in [0.1, 0.15) is 50.5 Å². The van der Waals surface area contributed by atoms with Crippen molar-refractivity contribution in [3.63, 3.8) is 0 Å². The maximum Gasteiger partial charge on any atom is 0.306 e. The molecule has 1 fully saturated rings. The molecule has 2 rings (SSSR count). The quantitative estimate of drug-likeness (QED) is 0.737. The second-order valence-electron chi connectivity index (χ2n) is 5.09. The van der Waals surface area contributed by atoms with Crippen LogP contribution in [0.15, 0.2) is 30.3 Å². The van der Waals surface area contributed by atoms with Crippen molar-refractivity contribution in [1.82, 2.24) is 0 Å². The summed E-state index contributed by atoms with van der Waals surface area (Å²) in [5, 5.41) is 0. The third-order valence-corrected chi connectivity index (χ3v) is 3.54. The first-order chi connectivity index (χ1) is 8.84. The van der Waals surface area contributed by atoms with Crippen molar-refractivity contribution in [2.45, 2.75) is 57.5 Å². The van der Waals surface area contributed by atoms with Gasteiger partial charge in [0.1, 0.15) is 6.10 Å². The standard InChI is InChI=1S/C16H22O2/c17-16(18-15-11-5-2-6-12-15)13-7-10-14-8-3-1-4-9-14/h1,3-4,8-9,15H,2,5-7,10-13H2. The Labute approximate surface area is 109 Å². The van der Waals surface area contributed by atoms with Gasteiger partial charge in [-0.25, -0.2) is 0 Å². The first-order valence-corrected chi connectivity index (χ1v) is 7.08. The molecule has 2 heteroatoms. The lowest BCUT2D eigenvalue weighted by atomic mass is 9.98. The fourth-order valence-corrected chi connectivity index (χ4v) is 2.51. The first kappa shape index (κ1) is 13.1. The minimum Gasteiger partial charge on any atom is -0.462 e. The van der Waals surface area contributed by atoms with Gasteiger partial charge in [0.25, 0.3) is 0 Å². The molecule has 98 valence electrons. The summed E-state index contributed by atoms with van der Waals surface area (Å²) in [5.41, 5.74) is 1.29. The van der Waals surface area contributed by atoms with Gasteiger partial charge in [0, 0.05) is 6.42 Å².